The Morgan fingerprint density at radius 1 is 1.25 bits per heavy atom. The Bertz CT molecular complexity index is 1250. The molecule has 1 aliphatic rings. The highest BCUT2D eigenvalue weighted by molar-refractivity contribution is 5.91. The molecule has 3 aromatic rings. The number of hydrogen-bond donors (Lipinski definition) is 4. The van der Waals surface area contributed by atoms with Crippen molar-refractivity contribution in [1.82, 2.24) is 4.98 Å². The second-order valence-corrected chi connectivity index (χ2v) is 8.26. The quantitative estimate of drug-likeness (QED) is 0.422. The highest BCUT2D eigenvalue weighted by Crippen LogP contribution is 2.55. The van der Waals surface area contributed by atoms with Crippen molar-refractivity contribution in [1.29, 1.82) is 0 Å². The summed E-state index contributed by atoms with van der Waals surface area (Å²) in [6, 6.07) is 6.92. The first-order valence-corrected chi connectivity index (χ1v) is 10.2. The number of nitrogens with one attached hydrogen (secondary N) is 2. The molecule has 1 aromatic heterocycles. The Morgan fingerprint density at radius 3 is 2.62 bits per heavy atom. The summed E-state index contributed by atoms with van der Waals surface area (Å²) in [6.45, 7) is 2.97. The number of halogens is 4. The molecule has 1 heterocycles. The highest BCUT2D eigenvalue weighted by atomic mass is 19.4. The third kappa shape index (κ3) is 3.31. The number of phenols is 1. The van der Waals surface area contributed by atoms with Crippen LogP contribution in [0.1, 0.15) is 48.4 Å². The largest absolute Gasteiger partial charge is 0.505 e. The van der Waals surface area contributed by atoms with Gasteiger partial charge in [0.15, 0.2) is 17.2 Å². The number of aromatic amines is 1. The summed E-state index contributed by atoms with van der Waals surface area (Å²) in [4.78, 5) is 14.2. The Kier molecular flexibility index (Phi) is 5.20. The third-order valence-corrected chi connectivity index (χ3v) is 6.30. The molecule has 0 radical (unpaired) electrons. The lowest BCUT2D eigenvalue weighted by molar-refractivity contribution is -0.272. The molecule has 0 unspecified atom stereocenters. The Labute approximate surface area is 180 Å². The van der Waals surface area contributed by atoms with Crippen LogP contribution in [0.2, 0.25) is 0 Å². The van der Waals surface area contributed by atoms with Crippen molar-refractivity contribution in [2.24, 2.45) is 0 Å². The highest BCUT2D eigenvalue weighted by Gasteiger charge is 2.62. The molecule has 2 aromatic carbocycles. The summed E-state index contributed by atoms with van der Waals surface area (Å²) in [5.41, 5.74) is -2.88. The summed E-state index contributed by atoms with van der Waals surface area (Å²) < 4.78 is 57.2. The van der Waals surface area contributed by atoms with Crippen LogP contribution in [0.5, 0.6) is 5.75 Å². The fourth-order valence-electron chi connectivity index (χ4n) is 4.63. The number of rotatable bonds is 3. The molecule has 4 N–H and O–H groups in total. The van der Waals surface area contributed by atoms with Gasteiger partial charge in [-0.3, -0.25) is 4.79 Å². The Balaban J connectivity index is 1.97. The Morgan fingerprint density at radius 2 is 1.97 bits per heavy atom. The summed E-state index contributed by atoms with van der Waals surface area (Å²) in [5, 5.41) is 24.7. The van der Waals surface area contributed by atoms with E-state index in [0.29, 0.717) is 10.9 Å². The molecule has 4 rings (SSSR count). The van der Waals surface area contributed by atoms with Gasteiger partial charge in [-0.1, -0.05) is 19.1 Å². The molecule has 5 nitrogen and oxygen atoms in total. The number of aryl methyl sites for hydroxylation is 1. The fourth-order valence-corrected chi connectivity index (χ4v) is 4.63. The van der Waals surface area contributed by atoms with Crippen LogP contribution in [0.25, 0.3) is 10.9 Å². The molecule has 0 spiro atoms. The number of phenolic OH excluding ortho intramolecular Hbond substituents is 1. The molecule has 0 amide bonds. The van der Waals surface area contributed by atoms with Crippen LogP contribution in [0.4, 0.5) is 23.2 Å². The number of aliphatic hydroxyl groups is 1. The molecule has 32 heavy (non-hydrogen) atoms. The second-order valence-electron chi connectivity index (χ2n) is 8.26. The lowest BCUT2D eigenvalue weighted by Crippen LogP contribution is -2.55. The average molecular weight is 450 g/mol. The zero-order valence-corrected chi connectivity index (χ0v) is 17.3. The smallest absolute Gasteiger partial charge is 0.419 e. The maximum Gasteiger partial charge on any atom is 0.419 e. The van der Waals surface area contributed by atoms with Crippen LogP contribution in [0, 0.1) is 12.7 Å². The minimum absolute atomic E-state index is 0.0132. The summed E-state index contributed by atoms with van der Waals surface area (Å²) in [7, 11) is 0. The number of benzene rings is 2. The molecule has 0 saturated carbocycles. The SMILES string of the molecule is CC[C@@H]1C[C@](O)(C(F)(F)F)[C@@H](Nc2cccc3[nH]c(=O)ccc23)c2cc(C)c(F)c(O)c21. The zero-order valence-electron chi connectivity index (χ0n) is 17.3. The van der Waals surface area contributed by atoms with Crippen molar-refractivity contribution in [3.63, 3.8) is 0 Å². The molecular weight excluding hydrogens is 428 g/mol. The number of aromatic hydroxyl groups is 1. The number of anilines is 1. The second kappa shape index (κ2) is 7.51. The van der Waals surface area contributed by atoms with E-state index in [-0.39, 0.29) is 34.4 Å². The molecule has 1 aliphatic carbocycles. The molecule has 9 heteroatoms. The summed E-state index contributed by atoms with van der Waals surface area (Å²) in [5.74, 6) is -2.47. The Hall–Kier alpha value is -3.07. The van der Waals surface area contributed by atoms with Gasteiger partial charge in [0.1, 0.15) is 0 Å². The van der Waals surface area contributed by atoms with Gasteiger partial charge in [-0.25, -0.2) is 4.39 Å². The monoisotopic (exact) mass is 450 g/mol. The molecule has 0 fully saturated rings. The summed E-state index contributed by atoms with van der Waals surface area (Å²) in [6.07, 6.45) is -5.58. The standard InChI is InChI=1S/C23H22F4N2O3/c1-3-12-10-22(32,23(25,26)27)21(14-9-11(2)19(24)20(31)18(12)14)29-16-6-4-5-15-13(16)7-8-17(30)28-15/h4-9,12,21,29,31-32H,3,10H2,1-2H3,(H,28,30)/t12-,21+,22-/m1/s1. The topological polar surface area (TPSA) is 85.4 Å². The zero-order chi connectivity index (χ0) is 23.4. The molecule has 0 aliphatic heterocycles. The minimum Gasteiger partial charge on any atom is -0.505 e. The number of hydrogen-bond acceptors (Lipinski definition) is 4. The van der Waals surface area contributed by atoms with E-state index in [1.54, 1.807) is 19.1 Å². The van der Waals surface area contributed by atoms with Gasteiger partial charge in [0.25, 0.3) is 0 Å². The predicted octanol–water partition coefficient (Wildman–Crippen LogP) is 5.03. The van der Waals surface area contributed by atoms with E-state index in [4.69, 9.17) is 0 Å². The van der Waals surface area contributed by atoms with Gasteiger partial charge in [-0.05, 0) is 55.0 Å². The van der Waals surface area contributed by atoms with Crippen LogP contribution in [-0.2, 0) is 0 Å². The van der Waals surface area contributed by atoms with Crippen molar-refractivity contribution in [2.45, 2.75) is 50.4 Å². The molecular formula is C23H22F4N2O3. The van der Waals surface area contributed by atoms with Crippen molar-refractivity contribution >= 4 is 16.6 Å². The number of fused-ring (bicyclic) bond motifs is 2. The van der Waals surface area contributed by atoms with Crippen LogP contribution >= 0.6 is 0 Å². The lowest BCUT2D eigenvalue weighted by atomic mass is 9.68. The first kappa shape index (κ1) is 22.1. The molecule has 170 valence electrons. The van der Waals surface area contributed by atoms with E-state index in [0.717, 1.165) is 0 Å². The number of pyridine rings is 1. The van der Waals surface area contributed by atoms with Crippen molar-refractivity contribution in [2.75, 3.05) is 5.32 Å². The first-order chi connectivity index (χ1) is 15.0. The van der Waals surface area contributed by atoms with Gasteiger partial charge >= 0.3 is 6.18 Å². The van der Waals surface area contributed by atoms with E-state index in [9.17, 15) is 32.6 Å². The molecule has 0 saturated heterocycles. The number of alkyl halides is 3. The molecule has 0 bridgehead atoms. The lowest BCUT2D eigenvalue weighted by Gasteiger charge is -2.46. The average Bonchev–Trinajstić information content (AvgIpc) is 2.72. The van der Waals surface area contributed by atoms with E-state index in [1.165, 1.54) is 31.2 Å². The normalized spacial score (nSPS) is 23.2. The van der Waals surface area contributed by atoms with E-state index in [1.807, 2.05) is 0 Å². The van der Waals surface area contributed by atoms with Crippen LogP contribution in [-0.4, -0.2) is 27.0 Å². The maximum absolute atomic E-state index is 14.5. The maximum atomic E-state index is 14.5. The predicted molar refractivity (Wildman–Crippen MR) is 112 cm³/mol. The minimum atomic E-state index is -5.01. The number of H-pyrrole nitrogens is 1. The van der Waals surface area contributed by atoms with E-state index < -0.39 is 41.7 Å². The summed E-state index contributed by atoms with van der Waals surface area (Å²) >= 11 is 0. The van der Waals surface area contributed by atoms with Gasteiger partial charge in [0, 0.05) is 22.7 Å². The van der Waals surface area contributed by atoms with Gasteiger partial charge in [-0.15, -0.1) is 0 Å². The van der Waals surface area contributed by atoms with E-state index >= 15 is 0 Å². The number of aromatic nitrogens is 1. The van der Waals surface area contributed by atoms with Crippen LogP contribution in [0.3, 0.4) is 0 Å². The van der Waals surface area contributed by atoms with Crippen molar-refractivity contribution in [3.05, 3.63) is 69.3 Å². The fraction of sp³-hybridized carbons (Fsp3) is 0.348. The van der Waals surface area contributed by atoms with Gasteiger partial charge in [-0.2, -0.15) is 13.2 Å². The van der Waals surface area contributed by atoms with Crippen molar-refractivity contribution in [3.8, 4) is 5.75 Å². The van der Waals surface area contributed by atoms with Gasteiger partial charge in [0.05, 0.1) is 11.6 Å². The van der Waals surface area contributed by atoms with Crippen LogP contribution < -0.4 is 10.9 Å². The first-order valence-electron chi connectivity index (χ1n) is 10.2. The van der Waals surface area contributed by atoms with E-state index in [2.05, 4.69) is 10.3 Å². The van der Waals surface area contributed by atoms with Gasteiger partial charge in [0.2, 0.25) is 5.56 Å². The van der Waals surface area contributed by atoms with Crippen molar-refractivity contribution < 1.29 is 27.8 Å². The molecule has 3 atom stereocenters. The van der Waals surface area contributed by atoms with Gasteiger partial charge < -0.3 is 20.5 Å². The third-order valence-electron chi connectivity index (χ3n) is 6.30. The van der Waals surface area contributed by atoms with Crippen LogP contribution in [0.15, 0.2) is 41.2 Å².